The van der Waals surface area contributed by atoms with Crippen LogP contribution >= 0.6 is 0 Å². The van der Waals surface area contributed by atoms with Crippen molar-refractivity contribution in [3.05, 3.63) is 47.2 Å². The molecule has 4 heteroatoms. The van der Waals surface area contributed by atoms with Crippen LogP contribution in [0.15, 0.2) is 41.0 Å². The van der Waals surface area contributed by atoms with Gasteiger partial charge >= 0.3 is 0 Å². The standard InChI is InChI=1S/C21H26FN3/c1-2-16-3-5-17(6-4-16)7-8-19-14-24-21(25(22)15-19)20-11-9-18(13-23)10-12-20/h9-12,14-17,21H,2-8H2,1H3/t16-,17-,21?. The highest BCUT2D eigenvalue weighted by Gasteiger charge is 2.22. The number of hydrogen-bond donors (Lipinski definition) is 0. The number of rotatable bonds is 5. The summed E-state index contributed by atoms with van der Waals surface area (Å²) in [5.74, 6) is 1.70. The van der Waals surface area contributed by atoms with Gasteiger partial charge in [0.05, 0.1) is 11.6 Å². The topological polar surface area (TPSA) is 39.4 Å². The predicted molar refractivity (Wildman–Crippen MR) is 98.4 cm³/mol. The summed E-state index contributed by atoms with van der Waals surface area (Å²) in [5, 5.41) is 9.53. The Bertz CT molecular complexity index is 663. The molecule has 0 aromatic heterocycles. The van der Waals surface area contributed by atoms with E-state index in [9.17, 15) is 4.48 Å². The van der Waals surface area contributed by atoms with E-state index >= 15 is 0 Å². The molecule has 1 heterocycles. The molecule has 0 saturated heterocycles. The zero-order valence-electron chi connectivity index (χ0n) is 14.9. The fourth-order valence-electron chi connectivity index (χ4n) is 3.88. The van der Waals surface area contributed by atoms with Crippen LogP contribution < -0.4 is 0 Å². The van der Waals surface area contributed by atoms with E-state index in [0.717, 1.165) is 35.8 Å². The zero-order chi connectivity index (χ0) is 17.6. The van der Waals surface area contributed by atoms with Crippen molar-refractivity contribution in [1.82, 2.24) is 5.12 Å². The van der Waals surface area contributed by atoms with Gasteiger partial charge in [0.1, 0.15) is 0 Å². The maximum Gasteiger partial charge on any atom is 0.175 e. The maximum absolute atomic E-state index is 14.4. The molecule has 3 nitrogen and oxygen atoms in total. The number of nitriles is 1. The third kappa shape index (κ3) is 4.48. The quantitative estimate of drug-likeness (QED) is 0.645. The molecule has 1 aromatic rings. The number of aliphatic imine (C=N–C) groups is 1. The van der Waals surface area contributed by atoms with Crippen LogP contribution in [-0.2, 0) is 0 Å². The maximum atomic E-state index is 14.4. The van der Waals surface area contributed by atoms with Crippen LogP contribution in [0, 0.1) is 23.2 Å². The van der Waals surface area contributed by atoms with Gasteiger partial charge < -0.3 is 0 Å². The van der Waals surface area contributed by atoms with E-state index < -0.39 is 6.17 Å². The highest BCUT2D eigenvalue weighted by molar-refractivity contribution is 5.79. The number of allylic oxidation sites excluding steroid dienone is 1. The summed E-state index contributed by atoms with van der Waals surface area (Å²) in [6, 6.07) is 8.99. The molecule has 3 rings (SSSR count). The second kappa shape index (κ2) is 8.29. The highest BCUT2D eigenvalue weighted by Crippen LogP contribution is 2.34. The van der Waals surface area contributed by atoms with E-state index in [1.54, 1.807) is 30.5 Å². The van der Waals surface area contributed by atoms with Crippen LogP contribution in [0.25, 0.3) is 0 Å². The van der Waals surface area contributed by atoms with Crippen LogP contribution in [0.4, 0.5) is 4.48 Å². The molecule has 1 unspecified atom stereocenters. The van der Waals surface area contributed by atoms with E-state index in [1.165, 1.54) is 32.1 Å². The third-order valence-corrected chi connectivity index (χ3v) is 5.63. The summed E-state index contributed by atoms with van der Waals surface area (Å²) in [5.41, 5.74) is 2.29. The molecular weight excluding hydrogens is 313 g/mol. The van der Waals surface area contributed by atoms with Gasteiger partial charge in [0, 0.05) is 12.4 Å². The van der Waals surface area contributed by atoms with Crippen molar-refractivity contribution < 1.29 is 4.48 Å². The minimum Gasteiger partial charge on any atom is -0.261 e. The predicted octanol–water partition coefficient (Wildman–Crippen LogP) is 5.71. The van der Waals surface area contributed by atoms with E-state index in [-0.39, 0.29) is 0 Å². The Morgan fingerprint density at radius 2 is 1.84 bits per heavy atom. The number of halogens is 1. The minimum absolute atomic E-state index is 0.572. The average molecular weight is 339 g/mol. The van der Waals surface area contributed by atoms with Crippen molar-refractivity contribution in [2.45, 2.75) is 58.0 Å². The minimum atomic E-state index is -0.642. The van der Waals surface area contributed by atoms with Crippen LogP contribution in [0.2, 0.25) is 0 Å². The number of benzene rings is 1. The molecule has 1 aliphatic carbocycles. The first-order chi connectivity index (χ1) is 12.2. The molecular formula is C21H26FN3. The lowest BCUT2D eigenvalue weighted by Gasteiger charge is -2.28. The van der Waals surface area contributed by atoms with Gasteiger partial charge in [0.25, 0.3) is 0 Å². The van der Waals surface area contributed by atoms with E-state index in [0.29, 0.717) is 10.7 Å². The van der Waals surface area contributed by atoms with E-state index in [2.05, 4.69) is 18.0 Å². The Morgan fingerprint density at radius 3 is 2.44 bits per heavy atom. The molecule has 25 heavy (non-hydrogen) atoms. The fourth-order valence-corrected chi connectivity index (χ4v) is 3.88. The molecule has 0 radical (unpaired) electrons. The summed E-state index contributed by atoms with van der Waals surface area (Å²) >= 11 is 0. The van der Waals surface area contributed by atoms with Crippen LogP contribution in [0.5, 0.6) is 0 Å². The Balaban J connectivity index is 1.52. The SMILES string of the molecule is CC[C@H]1CC[C@H](CCC2=CN(F)C(c3ccc(C#N)cc3)N=C2)CC1. The molecule has 1 aliphatic heterocycles. The normalized spacial score (nSPS) is 26.2. The monoisotopic (exact) mass is 339 g/mol. The van der Waals surface area contributed by atoms with Gasteiger partial charge in [-0.15, -0.1) is 0 Å². The van der Waals surface area contributed by atoms with E-state index in [4.69, 9.17) is 5.26 Å². The van der Waals surface area contributed by atoms with Crippen LogP contribution in [0.3, 0.4) is 0 Å². The number of nitrogens with zero attached hydrogens (tertiary/aromatic N) is 3. The Hall–Kier alpha value is -2.15. The van der Waals surface area contributed by atoms with Crippen molar-refractivity contribution in [2.75, 3.05) is 0 Å². The summed E-state index contributed by atoms with van der Waals surface area (Å²) in [4.78, 5) is 4.38. The summed E-state index contributed by atoms with van der Waals surface area (Å²) in [6.07, 6.45) is 11.4. The average Bonchev–Trinajstić information content (AvgIpc) is 2.67. The van der Waals surface area contributed by atoms with Gasteiger partial charge in [0.15, 0.2) is 6.17 Å². The first kappa shape index (κ1) is 17.7. The lowest BCUT2D eigenvalue weighted by atomic mass is 9.78. The molecule has 1 fully saturated rings. The fraction of sp³-hybridized carbons (Fsp3) is 0.524. The number of hydrogen-bond acceptors (Lipinski definition) is 3. The summed E-state index contributed by atoms with van der Waals surface area (Å²) < 4.78 is 14.4. The first-order valence-electron chi connectivity index (χ1n) is 9.37. The van der Waals surface area contributed by atoms with Crippen LogP contribution in [-0.4, -0.2) is 11.3 Å². The second-order valence-corrected chi connectivity index (χ2v) is 7.27. The summed E-state index contributed by atoms with van der Waals surface area (Å²) in [6.45, 7) is 2.29. The van der Waals surface area contributed by atoms with Gasteiger partial charge in [-0.1, -0.05) is 55.6 Å². The smallest absolute Gasteiger partial charge is 0.175 e. The van der Waals surface area contributed by atoms with Gasteiger partial charge in [0.2, 0.25) is 0 Å². The van der Waals surface area contributed by atoms with Gasteiger partial charge in [-0.2, -0.15) is 10.4 Å². The van der Waals surface area contributed by atoms with Crippen LogP contribution in [0.1, 0.15) is 69.2 Å². The van der Waals surface area contributed by atoms with Crippen molar-refractivity contribution in [2.24, 2.45) is 16.8 Å². The lowest BCUT2D eigenvalue weighted by molar-refractivity contribution is 0.0364. The van der Waals surface area contributed by atoms with Gasteiger partial charge in [-0.3, -0.25) is 4.99 Å². The molecule has 0 bridgehead atoms. The van der Waals surface area contributed by atoms with Crippen molar-refractivity contribution in [1.29, 1.82) is 5.26 Å². The molecule has 1 aromatic carbocycles. The molecule has 0 N–H and O–H groups in total. The first-order valence-corrected chi connectivity index (χ1v) is 9.37. The van der Waals surface area contributed by atoms with Crippen molar-refractivity contribution >= 4 is 6.21 Å². The Morgan fingerprint density at radius 1 is 1.16 bits per heavy atom. The molecule has 1 atom stereocenters. The lowest BCUT2D eigenvalue weighted by Crippen LogP contribution is -2.19. The second-order valence-electron chi connectivity index (χ2n) is 7.27. The van der Waals surface area contributed by atoms with Gasteiger partial charge in [-0.05, 0) is 47.9 Å². The summed E-state index contributed by atoms with van der Waals surface area (Å²) in [7, 11) is 0. The largest absolute Gasteiger partial charge is 0.261 e. The van der Waals surface area contributed by atoms with Crippen molar-refractivity contribution in [3.8, 4) is 6.07 Å². The Labute approximate surface area is 149 Å². The Kier molecular flexibility index (Phi) is 5.86. The molecule has 0 amide bonds. The highest BCUT2D eigenvalue weighted by atomic mass is 19.2. The van der Waals surface area contributed by atoms with Gasteiger partial charge in [-0.25, -0.2) is 0 Å². The molecule has 0 spiro atoms. The van der Waals surface area contributed by atoms with E-state index in [1.807, 2.05) is 6.21 Å². The van der Waals surface area contributed by atoms with Crippen molar-refractivity contribution in [3.63, 3.8) is 0 Å². The molecule has 132 valence electrons. The zero-order valence-corrected chi connectivity index (χ0v) is 14.9. The molecule has 1 saturated carbocycles. The third-order valence-electron chi connectivity index (χ3n) is 5.63. The molecule has 2 aliphatic rings.